The van der Waals surface area contributed by atoms with Gasteiger partial charge in [-0.25, -0.2) is 4.79 Å². The molecule has 1 atom stereocenters. The predicted octanol–water partition coefficient (Wildman–Crippen LogP) is 2.59. The zero-order valence-electron chi connectivity index (χ0n) is 11.7. The molecule has 19 heavy (non-hydrogen) atoms. The molecular weight excluding hydrogens is 258 g/mol. The van der Waals surface area contributed by atoms with Crippen molar-refractivity contribution in [2.24, 2.45) is 0 Å². The van der Waals surface area contributed by atoms with Gasteiger partial charge in [0.2, 0.25) is 0 Å². The lowest BCUT2D eigenvalue weighted by atomic mass is 10.1. The Morgan fingerprint density at radius 3 is 2.74 bits per heavy atom. The molecule has 0 bridgehead atoms. The summed E-state index contributed by atoms with van der Waals surface area (Å²) in [6.45, 7) is 6.96. The highest BCUT2D eigenvalue weighted by Crippen LogP contribution is 2.22. The average Bonchev–Trinajstić information content (AvgIpc) is 3.06. The Labute approximate surface area is 119 Å². The van der Waals surface area contributed by atoms with Gasteiger partial charge in [-0.05, 0) is 48.3 Å². The van der Waals surface area contributed by atoms with Crippen molar-refractivity contribution in [3.05, 3.63) is 22.4 Å². The first-order chi connectivity index (χ1) is 9.24. The summed E-state index contributed by atoms with van der Waals surface area (Å²) < 4.78 is 0. The van der Waals surface area contributed by atoms with Crippen molar-refractivity contribution in [1.29, 1.82) is 0 Å². The molecule has 0 spiro atoms. The van der Waals surface area contributed by atoms with Gasteiger partial charge >= 0.3 is 6.03 Å². The molecule has 0 saturated heterocycles. The topological polar surface area (TPSA) is 44.4 Å². The molecule has 1 aromatic rings. The van der Waals surface area contributed by atoms with Crippen LogP contribution in [0.5, 0.6) is 0 Å². The number of urea groups is 1. The molecule has 0 radical (unpaired) electrons. The molecule has 0 aliphatic heterocycles. The number of carbonyl (C=O) groups excluding carboxylic acids is 1. The van der Waals surface area contributed by atoms with E-state index in [1.54, 1.807) is 11.3 Å². The summed E-state index contributed by atoms with van der Waals surface area (Å²) in [7, 11) is 0. The van der Waals surface area contributed by atoms with Crippen molar-refractivity contribution in [1.82, 2.24) is 15.5 Å². The maximum Gasteiger partial charge on any atom is 0.315 e. The van der Waals surface area contributed by atoms with Gasteiger partial charge in [-0.1, -0.05) is 13.8 Å². The van der Waals surface area contributed by atoms with Gasteiger partial charge in [0.15, 0.2) is 0 Å². The van der Waals surface area contributed by atoms with Crippen molar-refractivity contribution in [2.75, 3.05) is 19.6 Å². The van der Waals surface area contributed by atoms with E-state index in [0.29, 0.717) is 12.6 Å². The molecule has 4 nitrogen and oxygen atoms in total. The van der Waals surface area contributed by atoms with E-state index in [1.807, 2.05) is 0 Å². The van der Waals surface area contributed by atoms with Gasteiger partial charge < -0.3 is 10.6 Å². The van der Waals surface area contributed by atoms with Crippen LogP contribution in [0, 0.1) is 0 Å². The number of thiophene rings is 1. The van der Waals surface area contributed by atoms with Crippen LogP contribution in [0.3, 0.4) is 0 Å². The van der Waals surface area contributed by atoms with Crippen LogP contribution < -0.4 is 10.6 Å². The Kier molecular flexibility index (Phi) is 5.22. The Morgan fingerprint density at radius 1 is 1.47 bits per heavy atom. The standard InChI is InChI=1S/C14H23N3OS/c1-3-17(4-2)13(11-7-8-19-10-11)9-15-14(18)16-12-5-6-12/h7-8,10,12-13H,3-6,9H2,1-2H3,(H2,15,16,18)/t13-/m0/s1. The van der Waals surface area contributed by atoms with Crippen LogP contribution >= 0.6 is 11.3 Å². The number of likely N-dealkylation sites (N-methyl/N-ethyl adjacent to an activating group) is 1. The highest BCUT2D eigenvalue weighted by atomic mass is 32.1. The summed E-state index contributed by atoms with van der Waals surface area (Å²) in [5, 5.41) is 10.2. The van der Waals surface area contributed by atoms with Crippen LogP contribution in [-0.2, 0) is 0 Å². The summed E-state index contributed by atoms with van der Waals surface area (Å²) in [5.41, 5.74) is 1.29. The Hall–Kier alpha value is -1.07. The second kappa shape index (κ2) is 6.91. The van der Waals surface area contributed by atoms with E-state index >= 15 is 0 Å². The third-order valence-corrected chi connectivity index (χ3v) is 4.25. The molecule has 1 aliphatic rings. The normalized spacial score (nSPS) is 16.4. The highest BCUT2D eigenvalue weighted by molar-refractivity contribution is 7.07. The monoisotopic (exact) mass is 281 g/mol. The van der Waals surface area contributed by atoms with Crippen molar-refractivity contribution >= 4 is 17.4 Å². The number of rotatable bonds is 7. The smallest absolute Gasteiger partial charge is 0.315 e. The molecule has 1 heterocycles. The summed E-state index contributed by atoms with van der Waals surface area (Å²) >= 11 is 1.71. The van der Waals surface area contributed by atoms with Crippen molar-refractivity contribution in [3.8, 4) is 0 Å². The molecular formula is C14H23N3OS. The van der Waals surface area contributed by atoms with Crippen LogP contribution in [0.1, 0.15) is 38.3 Å². The minimum absolute atomic E-state index is 0.0325. The van der Waals surface area contributed by atoms with Crippen molar-refractivity contribution in [3.63, 3.8) is 0 Å². The van der Waals surface area contributed by atoms with Gasteiger partial charge in [-0.15, -0.1) is 0 Å². The molecule has 106 valence electrons. The third kappa shape index (κ3) is 4.21. The van der Waals surface area contributed by atoms with E-state index in [2.05, 4.69) is 46.2 Å². The third-order valence-electron chi connectivity index (χ3n) is 3.55. The summed E-state index contributed by atoms with van der Waals surface area (Å²) in [6, 6.07) is 2.79. The van der Waals surface area contributed by atoms with E-state index in [9.17, 15) is 4.79 Å². The molecule has 2 amide bonds. The van der Waals surface area contributed by atoms with Crippen LogP contribution in [0.15, 0.2) is 16.8 Å². The lowest BCUT2D eigenvalue weighted by Gasteiger charge is -2.29. The first-order valence-corrected chi connectivity index (χ1v) is 7.99. The van der Waals surface area contributed by atoms with Crippen molar-refractivity contribution in [2.45, 2.75) is 38.8 Å². The average molecular weight is 281 g/mol. The number of hydrogen-bond donors (Lipinski definition) is 2. The molecule has 1 aliphatic carbocycles. The van der Waals surface area contributed by atoms with E-state index < -0.39 is 0 Å². The fourth-order valence-corrected chi connectivity index (χ4v) is 2.95. The largest absolute Gasteiger partial charge is 0.336 e. The quantitative estimate of drug-likeness (QED) is 0.807. The molecule has 1 saturated carbocycles. The zero-order chi connectivity index (χ0) is 13.7. The maximum absolute atomic E-state index is 11.7. The minimum atomic E-state index is -0.0325. The Bertz CT molecular complexity index is 385. The maximum atomic E-state index is 11.7. The van der Waals surface area contributed by atoms with E-state index in [1.165, 1.54) is 5.56 Å². The number of amides is 2. The molecule has 0 unspecified atom stereocenters. The van der Waals surface area contributed by atoms with Gasteiger partial charge in [-0.3, -0.25) is 4.90 Å². The minimum Gasteiger partial charge on any atom is -0.336 e. The first-order valence-electron chi connectivity index (χ1n) is 7.05. The Balaban J connectivity index is 1.91. The number of nitrogens with zero attached hydrogens (tertiary/aromatic N) is 1. The van der Waals surface area contributed by atoms with Crippen LogP contribution in [0.2, 0.25) is 0 Å². The number of carbonyl (C=O) groups is 1. The van der Waals surface area contributed by atoms with E-state index in [0.717, 1.165) is 25.9 Å². The predicted molar refractivity (Wildman–Crippen MR) is 79.5 cm³/mol. The number of nitrogens with one attached hydrogen (secondary N) is 2. The first kappa shape index (κ1) is 14.3. The fraction of sp³-hybridized carbons (Fsp3) is 0.643. The molecule has 0 aromatic carbocycles. The molecule has 5 heteroatoms. The molecule has 1 fully saturated rings. The van der Waals surface area contributed by atoms with E-state index in [-0.39, 0.29) is 12.1 Å². The molecule has 1 aromatic heterocycles. The second-order valence-electron chi connectivity index (χ2n) is 4.92. The fourth-order valence-electron chi connectivity index (χ4n) is 2.24. The van der Waals surface area contributed by atoms with Crippen LogP contribution in [-0.4, -0.2) is 36.6 Å². The molecule has 2 N–H and O–H groups in total. The van der Waals surface area contributed by atoms with Gasteiger partial charge in [0, 0.05) is 12.6 Å². The lowest BCUT2D eigenvalue weighted by molar-refractivity contribution is 0.206. The summed E-state index contributed by atoms with van der Waals surface area (Å²) in [6.07, 6.45) is 2.24. The zero-order valence-corrected chi connectivity index (χ0v) is 12.5. The van der Waals surface area contributed by atoms with Crippen molar-refractivity contribution < 1.29 is 4.79 Å². The van der Waals surface area contributed by atoms with Gasteiger partial charge in [0.25, 0.3) is 0 Å². The van der Waals surface area contributed by atoms with Gasteiger partial charge in [0.1, 0.15) is 0 Å². The van der Waals surface area contributed by atoms with Gasteiger partial charge in [-0.2, -0.15) is 11.3 Å². The SMILES string of the molecule is CCN(CC)[C@@H](CNC(=O)NC1CC1)c1ccsc1. The number of hydrogen-bond acceptors (Lipinski definition) is 3. The molecule has 2 rings (SSSR count). The van der Waals surface area contributed by atoms with Crippen LogP contribution in [0.25, 0.3) is 0 Å². The highest BCUT2D eigenvalue weighted by Gasteiger charge is 2.24. The van der Waals surface area contributed by atoms with Gasteiger partial charge in [0.05, 0.1) is 6.04 Å². The summed E-state index contributed by atoms with van der Waals surface area (Å²) in [5.74, 6) is 0. The lowest BCUT2D eigenvalue weighted by Crippen LogP contribution is -2.42. The van der Waals surface area contributed by atoms with Crippen LogP contribution in [0.4, 0.5) is 4.79 Å². The second-order valence-corrected chi connectivity index (χ2v) is 5.70. The Morgan fingerprint density at radius 2 is 2.21 bits per heavy atom. The van der Waals surface area contributed by atoms with E-state index in [4.69, 9.17) is 0 Å². The summed E-state index contributed by atoms with van der Waals surface area (Å²) in [4.78, 5) is 14.1.